The second-order valence-corrected chi connectivity index (χ2v) is 7.75. The van der Waals surface area contributed by atoms with Crippen LogP contribution in [0.15, 0.2) is 70.3 Å². The average molecular weight is 355 g/mol. The normalized spacial score (nSPS) is 10.8. The molecule has 0 atom stereocenters. The number of rotatable bonds is 5. The highest BCUT2D eigenvalue weighted by atomic mass is 32.2. The van der Waals surface area contributed by atoms with Gasteiger partial charge >= 0.3 is 0 Å². The largest absolute Gasteiger partial charge is 0.354 e. The van der Waals surface area contributed by atoms with Crippen LogP contribution in [0.25, 0.3) is 0 Å². The minimum atomic E-state index is -3.55. The van der Waals surface area contributed by atoms with Gasteiger partial charge in [0, 0.05) is 11.4 Å². The Balaban J connectivity index is 1.76. The summed E-state index contributed by atoms with van der Waals surface area (Å²) in [4.78, 5) is 0. The van der Waals surface area contributed by atoms with Gasteiger partial charge in [0.25, 0.3) is 10.0 Å². The first-order valence-corrected chi connectivity index (χ1v) is 9.37. The minimum Gasteiger partial charge on any atom is -0.354 e. The van der Waals surface area contributed by atoms with Crippen LogP contribution in [0.4, 0.5) is 17.1 Å². The Morgan fingerprint density at radius 1 is 0.917 bits per heavy atom. The first-order valence-electron chi connectivity index (χ1n) is 7.01. The van der Waals surface area contributed by atoms with E-state index in [1.807, 2.05) is 12.1 Å². The first-order chi connectivity index (χ1) is 11.6. The van der Waals surface area contributed by atoms with Gasteiger partial charge in [-0.2, -0.15) is 5.26 Å². The fraction of sp³-hybridized carbons (Fsp3) is 0. The summed E-state index contributed by atoms with van der Waals surface area (Å²) in [6.45, 7) is 0. The topological polar surface area (TPSA) is 82.0 Å². The number of anilines is 3. The van der Waals surface area contributed by atoms with E-state index in [1.54, 1.807) is 53.9 Å². The number of thiophene rings is 1. The lowest BCUT2D eigenvalue weighted by Gasteiger charge is -2.10. The Bertz CT molecular complexity index is 973. The molecule has 5 nitrogen and oxygen atoms in total. The summed E-state index contributed by atoms with van der Waals surface area (Å²) in [5.74, 6) is 0. The van der Waals surface area contributed by atoms with Crippen LogP contribution in [0.2, 0.25) is 0 Å². The van der Waals surface area contributed by atoms with Crippen molar-refractivity contribution in [2.24, 2.45) is 0 Å². The molecule has 0 spiro atoms. The molecule has 0 saturated heterocycles. The quantitative estimate of drug-likeness (QED) is 0.720. The lowest BCUT2D eigenvalue weighted by molar-refractivity contribution is 0.603. The molecule has 0 saturated carbocycles. The van der Waals surface area contributed by atoms with Gasteiger partial charge in [0.05, 0.1) is 11.3 Å². The highest BCUT2D eigenvalue weighted by Crippen LogP contribution is 2.24. The van der Waals surface area contributed by atoms with Gasteiger partial charge < -0.3 is 5.32 Å². The second-order valence-electron chi connectivity index (χ2n) is 4.90. The lowest BCUT2D eigenvalue weighted by atomic mass is 10.2. The molecule has 0 unspecified atom stereocenters. The van der Waals surface area contributed by atoms with Crippen molar-refractivity contribution in [3.05, 3.63) is 71.6 Å². The van der Waals surface area contributed by atoms with Crippen molar-refractivity contribution in [3.8, 4) is 6.07 Å². The van der Waals surface area contributed by atoms with Crippen LogP contribution in [0.3, 0.4) is 0 Å². The predicted octanol–water partition coefficient (Wildman–Crippen LogP) is 4.16. The number of hydrogen-bond donors (Lipinski definition) is 2. The number of sulfonamides is 1. The number of nitrogens with one attached hydrogen (secondary N) is 2. The van der Waals surface area contributed by atoms with E-state index >= 15 is 0 Å². The van der Waals surface area contributed by atoms with Crippen molar-refractivity contribution >= 4 is 38.4 Å². The molecule has 0 aliphatic carbocycles. The summed E-state index contributed by atoms with van der Waals surface area (Å²) in [5.41, 5.74) is 2.48. The molecule has 7 heteroatoms. The van der Waals surface area contributed by atoms with Gasteiger partial charge in [-0.25, -0.2) is 8.42 Å². The summed E-state index contributed by atoms with van der Waals surface area (Å²) in [5, 5.41) is 14.0. The Morgan fingerprint density at radius 2 is 1.62 bits per heavy atom. The van der Waals surface area contributed by atoms with E-state index in [4.69, 9.17) is 5.26 Å². The zero-order valence-corrected chi connectivity index (χ0v) is 14.1. The zero-order valence-electron chi connectivity index (χ0n) is 12.4. The number of nitriles is 1. The fourth-order valence-corrected chi connectivity index (χ4v) is 4.14. The molecule has 0 amide bonds. The lowest BCUT2D eigenvalue weighted by Crippen LogP contribution is -2.11. The molecular formula is C17H13N3O2S2. The Kier molecular flexibility index (Phi) is 4.51. The van der Waals surface area contributed by atoms with E-state index in [1.165, 1.54) is 0 Å². The van der Waals surface area contributed by atoms with E-state index in [0.717, 1.165) is 17.0 Å². The van der Waals surface area contributed by atoms with Crippen LogP contribution in [0.5, 0.6) is 0 Å². The van der Waals surface area contributed by atoms with Gasteiger partial charge in [-0.15, -0.1) is 11.3 Å². The standard InChI is InChI=1S/C17H13N3O2S2/c18-12-13-4-1-2-5-16(13)19-14-7-9-15(10-8-14)20-24(21,22)17-6-3-11-23-17/h1-11,19-20H. The monoisotopic (exact) mass is 355 g/mol. The zero-order chi connectivity index (χ0) is 17.0. The van der Waals surface area contributed by atoms with Crippen LogP contribution in [0.1, 0.15) is 5.56 Å². The molecule has 3 aromatic rings. The molecule has 0 bridgehead atoms. The van der Waals surface area contributed by atoms with Crippen LogP contribution in [0, 0.1) is 11.3 Å². The van der Waals surface area contributed by atoms with Gasteiger partial charge in [0.15, 0.2) is 0 Å². The van der Waals surface area contributed by atoms with Gasteiger partial charge in [-0.3, -0.25) is 4.72 Å². The maximum absolute atomic E-state index is 12.2. The first kappa shape index (κ1) is 16.1. The van der Waals surface area contributed by atoms with Crippen LogP contribution < -0.4 is 10.0 Å². The van der Waals surface area contributed by atoms with Crippen molar-refractivity contribution in [2.45, 2.75) is 4.21 Å². The van der Waals surface area contributed by atoms with Crippen molar-refractivity contribution in [3.63, 3.8) is 0 Å². The predicted molar refractivity (Wildman–Crippen MR) is 96.0 cm³/mol. The molecule has 0 radical (unpaired) electrons. The third-order valence-corrected chi connectivity index (χ3v) is 6.00. The number of benzene rings is 2. The van der Waals surface area contributed by atoms with Crippen LogP contribution in [-0.4, -0.2) is 8.42 Å². The molecule has 2 aromatic carbocycles. The van der Waals surface area contributed by atoms with E-state index < -0.39 is 10.0 Å². The van der Waals surface area contributed by atoms with Crippen molar-refractivity contribution in [1.29, 1.82) is 5.26 Å². The Morgan fingerprint density at radius 3 is 2.29 bits per heavy atom. The second kappa shape index (κ2) is 6.74. The molecular weight excluding hydrogens is 342 g/mol. The van der Waals surface area contributed by atoms with Gasteiger partial charge in [0.1, 0.15) is 10.3 Å². The molecule has 3 rings (SSSR count). The third-order valence-electron chi connectivity index (χ3n) is 3.22. The van der Waals surface area contributed by atoms with Crippen LogP contribution >= 0.6 is 11.3 Å². The minimum absolute atomic E-state index is 0.271. The van der Waals surface area contributed by atoms with E-state index in [-0.39, 0.29) is 4.21 Å². The molecule has 2 N–H and O–H groups in total. The Hall–Kier alpha value is -2.82. The molecule has 0 aliphatic heterocycles. The highest BCUT2D eigenvalue weighted by molar-refractivity contribution is 7.94. The van der Waals surface area contributed by atoms with E-state index in [0.29, 0.717) is 16.9 Å². The van der Waals surface area contributed by atoms with Gasteiger partial charge in [-0.05, 0) is 47.8 Å². The Labute approximate surface area is 144 Å². The van der Waals surface area contributed by atoms with Crippen molar-refractivity contribution in [2.75, 3.05) is 10.0 Å². The summed E-state index contributed by atoms with van der Waals surface area (Å²) in [7, 11) is -3.55. The fourth-order valence-electron chi connectivity index (χ4n) is 2.09. The molecule has 0 aliphatic rings. The van der Waals surface area contributed by atoms with Crippen LogP contribution in [-0.2, 0) is 10.0 Å². The van der Waals surface area contributed by atoms with Gasteiger partial charge in [-0.1, -0.05) is 18.2 Å². The van der Waals surface area contributed by atoms with E-state index in [9.17, 15) is 8.42 Å². The maximum Gasteiger partial charge on any atom is 0.271 e. The third kappa shape index (κ3) is 3.56. The SMILES string of the molecule is N#Cc1ccccc1Nc1ccc(NS(=O)(=O)c2cccs2)cc1. The molecule has 1 aromatic heterocycles. The summed E-state index contributed by atoms with van der Waals surface area (Å²) in [6, 6.07) is 19.4. The summed E-state index contributed by atoms with van der Waals surface area (Å²) < 4.78 is 27.1. The van der Waals surface area contributed by atoms with Crippen molar-refractivity contribution < 1.29 is 8.42 Å². The van der Waals surface area contributed by atoms with Crippen molar-refractivity contribution in [1.82, 2.24) is 0 Å². The molecule has 0 fully saturated rings. The summed E-state index contributed by atoms with van der Waals surface area (Å²) >= 11 is 1.16. The summed E-state index contributed by atoms with van der Waals surface area (Å²) in [6.07, 6.45) is 0. The number of nitrogens with zero attached hydrogens (tertiary/aromatic N) is 1. The number of hydrogen-bond acceptors (Lipinski definition) is 5. The molecule has 1 heterocycles. The number of para-hydroxylation sites is 1. The smallest absolute Gasteiger partial charge is 0.271 e. The molecule has 24 heavy (non-hydrogen) atoms. The van der Waals surface area contributed by atoms with E-state index in [2.05, 4.69) is 16.1 Å². The van der Waals surface area contributed by atoms with Gasteiger partial charge in [0.2, 0.25) is 0 Å². The maximum atomic E-state index is 12.2. The average Bonchev–Trinajstić information content (AvgIpc) is 3.12. The molecule has 120 valence electrons. The highest BCUT2D eigenvalue weighted by Gasteiger charge is 2.14.